The minimum absolute atomic E-state index is 0.0213. The normalized spacial score (nSPS) is 12.7. The van der Waals surface area contributed by atoms with E-state index in [1.165, 1.54) is 31.3 Å². The Morgan fingerprint density at radius 3 is 2.00 bits per heavy atom. The van der Waals surface area contributed by atoms with Crippen LogP contribution in [0.2, 0.25) is 0 Å². The van der Waals surface area contributed by atoms with Gasteiger partial charge in [-0.25, -0.2) is 16.8 Å². The maximum absolute atomic E-state index is 12.4. The van der Waals surface area contributed by atoms with Gasteiger partial charge in [-0.2, -0.15) is 4.31 Å². The number of sulfonamides is 1. The van der Waals surface area contributed by atoms with Crippen LogP contribution in [0.3, 0.4) is 0 Å². The number of benzene rings is 1. The number of hydrogen-bond acceptors (Lipinski definition) is 5. The van der Waals surface area contributed by atoms with Crippen LogP contribution in [0, 0.1) is 0 Å². The second-order valence-corrected chi connectivity index (χ2v) is 9.55. The highest BCUT2D eigenvalue weighted by molar-refractivity contribution is 9.10. The van der Waals surface area contributed by atoms with Crippen molar-refractivity contribution >= 4 is 35.8 Å². The quantitative estimate of drug-likeness (QED) is 0.758. The van der Waals surface area contributed by atoms with E-state index in [0.29, 0.717) is 10.4 Å². The van der Waals surface area contributed by atoms with Crippen LogP contribution in [0.4, 0.5) is 0 Å². The number of sulfone groups is 1. The summed E-state index contributed by atoms with van der Waals surface area (Å²) in [6.45, 7) is 0.0712. The van der Waals surface area contributed by atoms with E-state index < -0.39 is 19.9 Å². The maximum atomic E-state index is 12.4. The van der Waals surface area contributed by atoms with E-state index in [1.54, 1.807) is 12.1 Å². The zero-order chi connectivity index (χ0) is 16.5. The molecule has 1 aromatic heterocycles. The Morgan fingerprint density at radius 1 is 1.00 bits per heavy atom. The summed E-state index contributed by atoms with van der Waals surface area (Å²) in [5.74, 6) is 0.491. The highest BCUT2D eigenvalue weighted by Crippen LogP contribution is 2.21. The van der Waals surface area contributed by atoms with Gasteiger partial charge in [-0.15, -0.1) is 0 Å². The summed E-state index contributed by atoms with van der Waals surface area (Å²) in [5, 5.41) is 0. The molecule has 6 nitrogen and oxygen atoms in total. The van der Waals surface area contributed by atoms with Gasteiger partial charge in [-0.1, -0.05) is 0 Å². The van der Waals surface area contributed by atoms with Gasteiger partial charge in [0.25, 0.3) is 0 Å². The van der Waals surface area contributed by atoms with E-state index in [9.17, 15) is 16.8 Å². The van der Waals surface area contributed by atoms with Gasteiger partial charge in [0.1, 0.15) is 5.76 Å². The predicted molar refractivity (Wildman–Crippen MR) is 84.6 cm³/mol. The molecule has 0 aliphatic heterocycles. The molecule has 2 aromatic rings. The van der Waals surface area contributed by atoms with Crippen LogP contribution in [-0.4, -0.2) is 34.4 Å². The molecule has 22 heavy (non-hydrogen) atoms. The van der Waals surface area contributed by atoms with Gasteiger partial charge in [0, 0.05) is 13.3 Å². The predicted octanol–water partition coefficient (Wildman–Crippen LogP) is 2.27. The molecule has 0 unspecified atom stereocenters. The number of hydrogen-bond donors (Lipinski definition) is 0. The summed E-state index contributed by atoms with van der Waals surface area (Å²) < 4.78 is 54.6. The van der Waals surface area contributed by atoms with Gasteiger partial charge in [0.05, 0.1) is 16.3 Å². The fourth-order valence-corrected chi connectivity index (χ4v) is 3.89. The molecule has 0 spiro atoms. The second-order valence-electron chi connectivity index (χ2n) is 4.71. The third-order valence-electron chi connectivity index (χ3n) is 2.97. The van der Waals surface area contributed by atoms with Gasteiger partial charge < -0.3 is 4.42 Å². The van der Waals surface area contributed by atoms with Crippen molar-refractivity contribution in [2.75, 3.05) is 13.3 Å². The van der Waals surface area contributed by atoms with E-state index in [4.69, 9.17) is 4.42 Å². The summed E-state index contributed by atoms with van der Waals surface area (Å²) in [5.41, 5.74) is 0. The topological polar surface area (TPSA) is 84.7 Å². The van der Waals surface area contributed by atoms with Crippen LogP contribution < -0.4 is 0 Å². The average molecular weight is 408 g/mol. The van der Waals surface area contributed by atoms with Crippen molar-refractivity contribution in [2.45, 2.75) is 16.3 Å². The number of furan rings is 1. The van der Waals surface area contributed by atoms with E-state index in [2.05, 4.69) is 15.9 Å². The first-order valence-electron chi connectivity index (χ1n) is 6.11. The number of nitrogens with zero attached hydrogens (tertiary/aromatic N) is 1. The molecular formula is C13H14BrNO5S2. The fourth-order valence-electron chi connectivity index (χ4n) is 1.78. The summed E-state index contributed by atoms with van der Waals surface area (Å²) in [6.07, 6.45) is 1.07. The zero-order valence-corrected chi connectivity index (χ0v) is 15.1. The van der Waals surface area contributed by atoms with Gasteiger partial charge in [-0.05, 0) is 52.3 Å². The summed E-state index contributed by atoms with van der Waals surface area (Å²) >= 11 is 3.15. The van der Waals surface area contributed by atoms with E-state index in [-0.39, 0.29) is 16.3 Å². The maximum Gasteiger partial charge on any atom is 0.243 e. The Morgan fingerprint density at radius 2 is 1.55 bits per heavy atom. The Hall–Kier alpha value is -1.16. The molecule has 0 aliphatic carbocycles. The third-order valence-corrected chi connectivity index (χ3v) is 6.34. The standard InChI is InChI=1S/C13H14BrNO5S2/c1-15(9-10-3-8-13(14)20-10)22(18,19)12-6-4-11(5-7-12)21(2,16)17/h3-8H,9H2,1-2H3. The smallest absolute Gasteiger partial charge is 0.243 e. The first-order chi connectivity index (χ1) is 10.1. The molecule has 0 saturated carbocycles. The number of rotatable bonds is 5. The molecule has 0 saturated heterocycles. The van der Waals surface area contributed by atoms with E-state index >= 15 is 0 Å². The van der Waals surface area contributed by atoms with Crippen LogP contribution in [0.5, 0.6) is 0 Å². The van der Waals surface area contributed by atoms with Crippen LogP contribution in [0.1, 0.15) is 5.76 Å². The first kappa shape index (κ1) is 17.2. The largest absolute Gasteiger partial charge is 0.453 e. The third kappa shape index (κ3) is 3.78. The molecule has 1 aromatic carbocycles. The molecule has 120 valence electrons. The molecule has 9 heteroatoms. The monoisotopic (exact) mass is 407 g/mol. The van der Waals surface area contributed by atoms with Crippen molar-refractivity contribution in [1.29, 1.82) is 0 Å². The van der Waals surface area contributed by atoms with Crippen LogP contribution in [0.25, 0.3) is 0 Å². The molecule has 0 atom stereocenters. The van der Waals surface area contributed by atoms with E-state index in [1.807, 2.05) is 0 Å². The van der Waals surface area contributed by atoms with E-state index in [0.717, 1.165) is 10.6 Å². The molecular weight excluding hydrogens is 394 g/mol. The highest BCUT2D eigenvalue weighted by Gasteiger charge is 2.22. The van der Waals surface area contributed by atoms with Crippen molar-refractivity contribution in [3.05, 3.63) is 46.8 Å². The molecule has 0 bridgehead atoms. The van der Waals surface area contributed by atoms with Crippen molar-refractivity contribution in [2.24, 2.45) is 0 Å². The lowest BCUT2D eigenvalue weighted by Crippen LogP contribution is -2.26. The van der Waals surface area contributed by atoms with Crippen molar-refractivity contribution in [3.8, 4) is 0 Å². The highest BCUT2D eigenvalue weighted by atomic mass is 79.9. The number of halogens is 1. The summed E-state index contributed by atoms with van der Waals surface area (Å²) in [4.78, 5) is 0.0945. The molecule has 2 rings (SSSR count). The molecule has 0 fully saturated rings. The second kappa shape index (κ2) is 6.15. The van der Waals surface area contributed by atoms with Gasteiger partial charge in [0.15, 0.2) is 14.5 Å². The molecule has 1 heterocycles. The fraction of sp³-hybridized carbons (Fsp3) is 0.231. The minimum Gasteiger partial charge on any atom is -0.453 e. The average Bonchev–Trinajstić information content (AvgIpc) is 2.83. The van der Waals surface area contributed by atoms with Crippen LogP contribution in [-0.2, 0) is 26.4 Å². The van der Waals surface area contributed by atoms with Crippen LogP contribution in [0.15, 0.2) is 55.3 Å². The van der Waals surface area contributed by atoms with Gasteiger partial charge in [-0.3, -0.25) is 0 Å². The molecule has 0 amide bonds. The van der Waals surface area contributed by atoms with Crippen molar-refractivity contribution in [3.63, 3.8) is 0 Å². The first-order valence-corrected chi connectivity index (χ1v) is 10.2. The van der Waals surface area contributed by atoms with Gasteiger partial charge >= 0.3 is 0 Å². The molecule has 0 aliphatic rings. The lowest BCUT2D eigenvalue weighted by Gasteiger charge is -2.16. The molecule has 0 N–H and O–H groups in total. The van der Waals surface area contributed by atoms with Crippen LogP contribution >= 0.6 is 15.9 Å². The Kier molecular flexibility index (Phi) is 4.81. The summed E-state index contributed by atoms with van der Waals surface area (Å²) in [7, 11) is -5.66. The lowest BCUT2D eigenvalue weighted by molar-refractivity contribution is 0.398. The SMILES string of the molecule is CN(Cc1ccc(Br)o1)S(=O)(=O)c1ccc(S(C)(=O)=O)cc1. The zero-order valence-electron chi connectivity index (χ0n) is 11.9. The Bertz CT molecular complexity index is 869. The van der Waals surface area contributed by atoms with Crippen molar-refractivity contribution < 1.29 is 21.3 Å². The minimum atomic E-state index is -3.73. The molecule has 0 radical (unpaired) electrons. The Labute approximate surface area is 137 Å². The lowest BCUT2D eigenvalue weighted by atomic mass is 10.4. The van der Waals surface area contributed by atoms with Crippen molar-refractivity contribution in [1.82, 2.24) is 4.31 Å². The van der Waals surface area contributed by atoms with Gasteiger partial charge in [0.2, 0.25) is 10.0 Å². The summed E-state index contributed by atoms with van der Waals surface area (Å²) in [6, 6.07) is 8.46. The Balaban J connectivity index is 2.26.